The molecule has 0 radical (unpaired) electrons. The van der Waals surface area contributed by atoms with Gasteiger partial charge in [0.2, 0.25) is 0 Å². The Balaban J connectivity index is 1.86. The van der Waals surface area contributed by atoms with Gasteiger partial charge in [0.1, 0.15) is 6.04 Å². The van der Waals surface area contributed by atoms with Gasteiger partial charge in [0.15, 0.2) is 5.65 Å². The molecule has 1 saturated heterocycles. The smallest absolute Gasteiger partial charge is 0.323 e. The van der Waals surface area contributed by atoms with Gasteiger partial charge in [-0.2, -0.15) is 0 Å². The number of aliphatic hydroxyl groups excluding tert-OH is 1. The number of nitrogens with zero attached hydrogens (tertiary/aromatic N) is 3. The monoisotopic (exact) mass is 343 g/mol. The van der Waals surface area contributed by atoms with E-state index in [-0.39, 0.29) is 5.97 Å². The van der Waals surface area contributed by atoms with Crippen LogP contribution in [-0.2, 0) is 16.1 Å². The van der Waals surface area contributed by atoms with E-state index in [9.17, 15) is 9.90 Å². The summed E-state index contributed by atoms with van der Waals surface area (Å²) in [6.07, 6.45) is 3.36. The van der Waals surface area contributed by atoms with Crippen LogP contribution < -0.4 is 0 Å². The van der Waals surface area contributed by atoms with Crippen molar-refractivity contribution in [3.05, 3.63) is 34.2 Å². The van der Waals surface area contributed by atoms with Gasteiger partial charge >= 0.3 is 5.97 Å². The van der Waals surface area contributed by atoms with Crippen LogP contribution in [0.2, 0.25) is 10.0 Å². The highest BCUT2D eigenvalue weighted by molar-refractivity contribution is 6.36. The van der Waals surface area contributed by atoms with Crippen molar-refractivity contribution in [2.45, 2.75) is 25.1 Å². The number of carbonyl (C=O) groups excluding carboxylic acids is 1. The van der Waals surface area contributed by atoms with Gasteiger partial charge in [-0.25, -0.2) is 4.98 Å². The van der Waals surface area contributed by atoms with E-state index in [4.69, 9.17) is 27.9 Å². The Labute approximate surface area is 137 Å². The molecule has 1 aliphatic rings. The molecule has 0 aliphatic carbocycles. The van der Waals surface area contributed by atoms with Crippen LogP contribution in [0, 0.1) is 0 Å². The molecule has 2 aromatic heterocycles. The third kappa shape index (κ3) is 2.92. The first kappa shape index (κ1) is 15.6. The number of carbonyl (C=O) groups is 1. The molecule has 2 atom stereocenters. The Kier molecular flexibility index (Phi) is 4.27. The Morgan fingerprint density at radius 2 is 2.27 bits per heavy atom. The fourth-order valence-corrected chi connectivity index (χ4v) is 3.32. The number of halogens is 2. The second-order valence-corrected chi connectivity index (χ2v) is 6.17. The summed E-state index contributed by atoms with van der Waals surface area (Å²) in [5.41, 5.74) is 1.35. The minimum absolute atomic E-state index is 0.346. The Bertz CT molecular complexity index is 719. The number of hydrogen-bond donors (Lipinski definition) is 1. The summed E-state index contributed by atoms with van der Waals surface area (Å²) in [4.78, 5) is 18.1. The zero-order chi connectivity index (χ0) is 15.9. The van der Waals surface area contributed by atoms with Gasteiger partial charge in [-0.05, 0) is 6.07 Å². The van der Waals surface area contributed by atoms with E-state index in [1.54, 1.807) is 16.7 Å². The number of ether oxygens (including phenoxy) is 1. The molecule has 118 valence electrons. The maximum atomic E-state index is 11.8. The number of aromatic nitrogens is 2. The molecular formula is C14H15Cl2N3O3. The van der Waals surface area contributed by atoms with Crippen molar-refractivity contribution >= 4 is 34.8 Å². The van der Waals surface area contributed by atoms with Crippen LogP contribution in [0.25, 0.3) is 5.65 Å². The molecular weight excluding hydrogens is 329 g/mol. The molecule has 1 aliphatic heterocycles. The summed E-state index contributed by atoms with van der Waals surface area (Å²) in [5.74, 6) is -0.346. The SMILES string of the molecule is COC(=O)[C@H]1C[C@H](O)CN1Cc1cn2cc(Cl)cc(Cl)c2n1. The Morgan fingerprint density at radius 3 is 3.00 bits per heavy atom. The first-order valence-electron chi connectivity index (χ1n) is 6.80. The molecule has 0 saturated carbocycles. The lowest BCUT2D eigenvalue weighted by Gasteiger charge is -2.20. The van der Waals surface area contributed by atoms with Crippen LogP contribution in [0.3, 0.4) is 0 Å². The number of likely N-dealkylation sites (tertiary alicyclic amines) is 1. The first-order valence-corrected chi connectivity index (χ1v) is 7.56. The molecule has 0 aromatic carbocycles. The summed E-state index contributed by atoms with van der Waals surface area (Å²) in [5, 5.41) is 10.8. The van der Waals surface area contributed by atoms with E-state index >= 15 is 0 Å². The molecule has 0 bridgehead atoms. The number of rotatable bonds is 3. The van der Waals surface area contributed by atoms with Crippen molar-refractivity contribution < 1.29 is 14.6 Å². The van der Waals surface area contributed by atoms with Crippen LogP contribution in [0.1, 0.15) is 12.1 Å². The minimum atomic E-state index is -0.542. The number of methoxy groups -OCH3 is 1. The summed E-state index contributed by atoms with van der Waals surface area (Å²) in [7, 11) is 1.35. The first-order chi connectivity index (χ1) is 10.5. The average molecular weight is 344 g/mol. The van der Waals surface area contributed by atoms with Crippen molar-refractivity contribution in [1.29, 1.82) is 0 Å². The molecule has 0 spiro atoms. The largest absolute Gasteiger partial charge is 0.468 e. The van der Waals surface area contributed by atoms with E-state index < -0.39 is 12.1 Å². The van der Waals surface area contributed by atoms with Gasteiger partial charge < -0.3 is 14.2 Å². The minimum Gasteiger partial charge on any atom is -0.468 e. The van der Waals surface area contributed by atoms with Gasteiger partial charge in [-0.3, -0.25) is 9.69 Å². The fourth-order valence-electron chi connectivity index (χ4n) is 2.79. The molecule has 8 heteroatoms. The molecule has 22 heavy (non-hydrogen) atoms. The lowest BCUT2D eigenvalue weighted by molar-refractivity contribution is -0.146. The van der Waals surface area contributed by atoms with E-state index in [0.29, 0.717) is 35.2 Å². The molecule has 2 aromatic rings. The van der Waals surface area contributed by atoms with Crippen molar-refractivity contribution in [3.8, 4) is 0 Å². The summed E-state index contributed by atoms with van der Waals surface area (Å²) >= 11 is 12.1. The van der Waals surface area contributed by atoms with Crippen molar-refractivity contribution in [3.63, 3.8) is 0 Å². The number of esters is 1. The van der Waals surface area contributed by atoms with Crippen LogP contribution in [-0.4, -0.2) is 51.2 Å². The molecule has 1 N–H and O–H groups in total. The highest BCUT2D eigenvalue weighted by Crippen LogP contribution is 2.24. The topological polar surface area (TPSA) is 67.1 Å². The Morgan fingerprint density at radius 1 is 1.50 bits per heavy atom. The van der Waals surface area contributed by atoms with Crippen LogP contribution >= 0.6 is 23.2 Å². The summed E-state index contributed by atoms with van der Waals surface area (Å²) in [6, 6.07) is 1.18. The number of imidazole rings is 1. The number of β-amino-alcohol motifs (C(OH)–C–C–N with tert-alkyl or cyclic N) is 1. The second kappa shape index (κ2) is 6.04. The molecule has 1 fully saturated rings. The molecule has 3 heterocycles. The van der Waals surface area contributed by atoms with Gasteiger partial charge in [0.25, 0.3) is 0 Å². The third-order valence-corrected chi connectivity index (χ3v) is 4.23. The van der Waals surface area contributed by atoms with Crippen LogP contribution in [0.15, 0.2) is 18.5 Å². The highest BCUT2D eigenvalue weighted by atomic mass is 35.5. The van der Waals surface area contributed by atoms with E-state index in [1.165, 1.54) is 7.11 Å². The van der Waals surface area contributed by atoms with Crippen LogP contribution in [0.4, 0.5) is 0 Å². The molecule has 0 amide bonds. The quantitative estimate of drug-likeness (QED) is 0.860. The van der Waals surface area contributed by atoms with E-state index in [2.05, 4.69) is 4.98 Å². The Hall–Kier alpha value is -1.34. The van der Waals surface area contributed by atoms with Gasteiger partial charge in [-0.15, -0.1) is 0 Å². The van der Waals surface area contributed by atoms with E-state index in [1.807, 2.05) is 11.1 Å². The van der Waals surface area contributed by atoms with Gasteiger partial charge in [0.05, 0.1) is 29.0 Å². The second-order valence-electron chi connectivity index (χ2n) is 5.33. The van der Waals surface area contributed by atoms with E-state index in [0.717, 1.165) is 5.69 Å². The van der Waals surface area contributed by atoms with Gasteiger partial charge in [0, 0.05) is 31.9 Å². The summed E-state index contributed by atoms with van der Waals surface area (Å²) in [6.45, 7) is 0.828. The number of aliphatic hydroxyl groups is 1. The zero-order valence-corrected chi connectivity index (χ0v) is 13.4. The summed E-state index contributed by atoms with van der Waals surface area (Å²) < 4.78 is 6.54. The average Bonchev–Trinajstić information content (AvgIpc) is 3.01. The van der Waals surface area contributed by atoms with Crippen molar-refractivity contribution in [2.24, 2.45) is 0 Å². The number of fused-ring (bicyclic) bond motifs is 1. The molecule has 3 rings (SSSR count). The van der Waals surface area contributed by atoms with Crippen molar-refractivity contribution in [2.75, 3.05) is 13.7 Å². The standard InChI is InChI=1S/C14H15Cl2N3O3/c1-22-14(21)12-3-10(20)7-18(12)5-9-6-19-4-8(15)2-11(16)13(19)17-9/h2,4,6,10,12,20H,3,5,7H2,1H3/t10-,12+/m0/s1. The van der Waals surface area contributed by atoms with Gasteiger partial charge in [-0.1, -0.05) is 23.2 Å². The lowest BCUT2D eigenvalue weighted by atomic mass is 10.2. The molecule has 0 unspecified atom stereocenters. The lowest BCUT2D eigenvalue weighted by Crippen LogP contribution is -2.36. The fraction of sp³-hybridized carbons (Fsp3) is 0.429. The number of pyridine rings is 1. The normalized spacial score (nSPS) is 22.4. The third-order valence-electron chi connectivity index (χ3n) is 3.74. The maximum Gasteiger partial charge on any atom is 0.323 e. The predicted octanol–water partition coefficient (Wildman–Crippen LogP) is 1.75. The highest BCUT2D eigenvalue weighted by Gasteiger charge is 2.36. The van der Waals surface area contributed by atoms with Crippen LogP contribution in [0.5, 0.6) is 0 Å². The number of hydrogen-bond acceptors (Lipinski definition) is 5. The van der Waals surface area contributed by atoms with Crippen molar-refractivity contribution in [1.82, 2.24) is 14.3 Å². The predicted molar refractivity (Wildman–Crippen MR) is 82.0 cm³/mol. The molecule has 6 nitrogen and oxygen atoms in total. The zero-order valence-electron chi connectivity index (χ0n) is 11.9. The maximum absolute atomic E-state index is 11.8.